The average molecular weight is 136 g/mol. The molecule has 0 spiro atoms. The van der Waals surface area contributed by atoms with Gasteiger partial charge in [-0.25, -0.2) is 0 Å². The van der Waals surface area contributed by atoms with Gasteiger partial charge in [0.15, 0.2) is 6.10 Å². The van der Waals surface area contributed by atoms with Crippen molar-refractivity contribution < 1.29 is 4.74 Å². The lowest BCUT2D eigenvalue weighted by molar-refractivity contribution is 0.239. The third kappa shape index (κ3) is 5.06. The fourth-order valence-electron chi connectivity index (χ4n) is 0.340. The van der Waals surface area contributed by atoms with Crippen molar-refractivity contribution in [3.8, 4) is 24.4 Å². The molecule has 1 heteroatoms. The fourth-order valence-corrected chi connectivity index (χ4v) is 0.340. The van der Waals surface area contributed by atoms with E-state index in [9.17, 15) is 0 Å². The van der Waals surface area contributed by atoms with Crippen molar-refractivity contribution in [3.63, 3.8) is 0 Å². The molecule has 0 saturated carbocycles. The van der Waals surface area contributed by atoms with Crippen LogP contribution in [0.4, 0.5) is 0 Å². The molecule has 0 aromatic carbocycles. The van der Waals surface area contributed by atoms with Crippen molar-refractivity contribution in [2.45, 2.75) is 32.8 Å². The van der Waals surface area contributed by atoms with Crippen LogP contribution >= 0.6 is 0 Å². The van der Waals surface area contributed by atoms with Gasteiger partial charge in [-0.05, 0) is 13.3 Å². The van der Waals surface area contributed by atoms with E-state index in [0.29, 0.717) is 0 Å². The summed E-state index contributed by atoms with van der Waals surface area (Å²) in [5.41, 5.74) is 0. The predicted molar refractivity (Wildman–Crippen MR) is 42.1 cm³/mol. The maximum absolute atomic E-state index is 5.04. The SMILES string of the molecule is C#CC(C)OC#CCCC. The number of ether oxygens (including phenoxy) is 1. The summed E-state index contributed by atoms with van der Waals surface area (Å²) in [6.07, 6.45) is 9.33. The third-order valence-electron chi connectivity index (χ3n) is 0.918. The van der Waals surface area contributed by atoms with E-state index in [1.807, 2.05) is 0 Å². The first kappa shape index (κ1) is 8.92. The monoisotopic (exact) mass is 136 g/mol. The van der Waals surface area contributed by atoms with Crippen LogP contribution < -0.4 is 0 Å². The third-order valence-corrected chi connectivity index (χ3v) is 0.918. The van der Waals surface area contributed by atoms with Gasteiger partial charge in [0, 0.05) is 6.42 Å². The zero-order valence-electron chi connectivity index (χ0n) is 6.48. The molecule has 0 fully saturated rings. The second kappa shape index (κ2) is 6.05. The quantitative estimate of drug-likeness (QED) is 0.526. The van der Waals surface area contributed by atoms with Gasteiger partial charge in [-0.1, -0.05) is 18.8 Å². The highest BCUT2D eigenvalue weighted by Gasteiger charge is 1.88. The standard InChI is InChI=1S/C9H12O/c1-4-6-7-8-10-9(3)5-2/h2,9H,4,6H2,1,3H3. The van der Waals surface area contributed by atoms with Crippen molar-refractivity contribution in [2.24, 2.45) is 0 Å². The Hall–Kier alpha value is -1.08. The Balaban J connectivity index is 3.38. The minimum Gasteiger partial charge on any atom is -0.430 e. The molecular weight excluding hydrogens is 124 g/mol. The van der Waals surface area contributed by atoms with Gasteiger partial charge in [0.05, 0.1) is 0 Å². The molecule has 0 rings (SSSR count). The molecule has 0 heterocycles. The van der Waals surface area contributed by atoms with E-state index in [1.165, 1.54) is 0 Å². The number of hydrogen-bond acceptors (Lipinski definition) is 1. The fraction of sp³-hybridized carbons (Fsp3) is 0.556. The van der Waals surface area contributed by atoms with Gasteiger partial charge in [-0.2, -0.15) is 0 Å². The largest absolute Gasteiger partial charge is 0.430 e. The highest BCUT2D eigenvalue weighted by atomic mass is 16.5. The summed E-state index contributed by atoms with van der Waals surface area (Å²) in [5, 5.41) is 0. The van der Waals surface area contributed by atoms with E-state index in [2.05, 4.69) is 24.9 Å². The van der Waals surface area contributed by atoms with Crippen LogP contribution in [0.3, 0.4) is 0 Å². The maximum atomic E-state index is 5.04. The van der Waals surface area contributed by atoms with Gasteiger partial charge in [-0.15, -0.1) is 6.42 Å². The van der Waals surface area contributed by atoms with E-state index < -0.39 is 0 Å². The zero-order chi connectivity index (χ0) is 7.82. The Morgan fingerprint density at radius 3 is 2.80 bits per heavy atom. The van der Waals surface area contributed by atoms with Crippen LogP contribution in [0.25, 0.3) is 0 Å². The van der Waals surface area contributed by atoms with Gasteiger partial charge >= 0.3 is 0 Å². The van der Waals surface area contributed by atoms with E-state index in [1.54, 1.807) is 6.92 Å². The predicted octanol–water partition coefficient (Wildman–Crippen LogP) is 1.79. The minimum absolute atomic E-state index is 0.190. The van der Waals surface area contributed by atoms with Crippen LogP contribution in [0, 0.1) is 24.4 Å². The maximum Gasteiger partial charge on any atom is 0.167 e. The minimum atomic E-state index is -0.190. The number of terminal acetylenes is 1. The summed E-state index contributed by atoms with van der Waals surface area (Å²) in [5.74, 6) is 5.25. The molecule has 0 N–H and O–H groups in total. The molecule has 1 atom stereocenters. The van der Waals surface area contributed by atoms with Gasteiger partial charge < -0.3 is 4.74 Å². The first-order valence-corrected chi connectivity index (χ1v) is 3.41. The lowest BCUT2D eigenvalue weighted by atomic mass is 10.4. The molecule has 0 saturated heterocycles. The van der Waals surface area contributed by atoms with Gasteiger partial charge in [0.2, 0.25) is 0 Å². The zero-order valence-corrected chi connectivity index (χ0v) is 6.48. The number of unbranched alkanes of at least 4 members (excludes halogenated alkanes) is 1. The smallest absolute Gasteiger partial charge is 0.167 e. The molecule has 0 radical (unpaired) electrons. The molecular formula is C9H12O. The van der Waals surface area contributed by atoms with Gasteiger partial charge in [0.25, 0.3) is 0 Å². The summed E-state index contributed by atoms with van der Waals surface area (Å²) in [7, 11) is 0. The second-order valence-corrected chi connectivity index (χ2v) is 1.96. The molecule has 54 valence electrons. The normalized spacial score (nSPS) is 10.5. The summed E-state index contributed by atoms with van der Waals surface area (Å²) >= 11 is 0. The van der Waals surface area contributed by atoms with Gasteiger partial charge in [-0.3, -0.25) is 0 Å². The van der Waals surface area contributed by atoms with E-state index in [-0.39, 0.29) is 6.10 Å². The van der Waals surface area contributed by atoms with Crippen LogP contribution in [0.15, 0.2) is 0 Å². The Kier molecular flexibility index (Phi) is 5.39. The summed E-state index contributed by atoms with van der Waals surface area (Å²) in [4.78, 5) is 0. The molecule has 0 aliphatic carbocycles. The topological polar surface area (TPSA) is 9.23 Å². The number of rotatable bonds is 2. The Morgan fingerprint density at radius 2 is 2.30 bits per heavy atom. The molecule has 0 bridgehead atoms. The summed E-state index contributed by atoms with van der Waals surface area (Å²) in [6, 6.07) is 0. The highest BCUT2D eigenvalue weighted by Crippen LogP contribution is 1.86. The van der Waals surface area contributed by atoms with E-state index in [0.717, 1.165) is 12.8 Å². The van der Waals surface area contributed by atoms with Crippen LogP contribution in [0.1, 0.15) is 26.7 Å². The van der Waals surface area contributed by atoms with Crippen molar-refractivity contribution >= 4 is 0 Å². The highest BCUT2D eigenvalue weighted by molar-refractivity contribution is 4.97. The number of hydrogen-bond donors (Lipinski definition) is 0. The summed E-state index contributed by atoms with van der Waals surface area (Å²) < 4.78 is 4.90. The Morgan fingerprint density at radius 1 is 1.60 bits per heavy atom. The van der Waals surface area contributed by atoms with Crippen molar-refractivity contribution in [2.75, 3.05) is 0 Å². The summed E-state index contributed by atoms with van der Waals surface area (Å²) in [6.45, 7) is 3.86. The first-order valence-electron chi connectivity index (χ1n) is 3.41. The van der Waals surface area contributed by atoms with Crippen molar-refractivity contribution in [3.05, 3.63) is 0 Å². The Labute approximate surface area is 62.8 Å². The molecule has 10 heavy (non-hydrogen) atoms. The van der Waals surface area contributed by atoms with Crippen molar-refractivity contribution in [1.29, 1.82) is 0 Å². The molecule has 0 amide bonds. The van der Waals surface area contributed by atoms with E-state index >= 15 is 0 Å². The van der Waals surface area contributed by atoms with Crippen LogP contribution in [0.5, 0.6) is 0 Å². The lowest BCUT2D eigenvalue weighted by Gasteiger charge is -1.96. The molecule has 1 nitrogen and oxygen atoms in total. The van der Waals surface area contributed by atoms with Crippen LogP contribution in [-0.4, -0.2) is 6.10 Å². The first-order chi connectivity index (χ1) is 4.81. The second-order valence-electron chi connectivity index (χ2n) is 1.96. The van der Waals surface area contributed by atoms with Crippen molar-refractivity contribution in [1.82, 2.24) is 0 Å². The van der Waals surface area contributed by atoms with E-state index in [4.69, 9.17) is 11.2 Å². The van der Waals surface area contributed by atoms with Crippen LogP contribution in [0.2, 0.25) is 0 Å². The lowest BCUT2D eigenvalue weighted by Crippen LogP contribution is -1.98. The molecule has 0 aliphatic heterocycles. The molecule has 0 aromatic rings. The molecule has 1 unspecified atom stereocenters. The molecule has 0 aromatic heterocycles. The molecule has 0 aliphatic rings. The van der Waals surface area contributed by atoms with Gasteiger partial charge in [0.1, 0.15) is 6.11 Å². The average Bonchev–Trinajstić information content (AvgIpc) is 1.98. The Bertz CT molecular complexity index is 165. The van der Waals surface area contributed by atoms with Crippen LogP contribution in [-0.2, 0) is 4.74 Å².